The van der Waals surface area contributed by atoms with Gasteiger partial charge in [-0.25, -0.2) is 0 Å². The summed E-state index contributed by atoms with van der Waals surface area (Å²) >= 11 is 1.92. The molecule has 1 aromatic carbocycles. The largest absolute Gasteiger partial charge is 0.399 e. The van der Waals surface area contributed by atoms with Gasteiger partial charge in [0.2, 0.25) is 5.91 Å². The van der Waals surface area contributed by atoms with Gasteiger partial charge in [-0.2, -0.15) is 11.8 Å². The summed E-state index contributed by atoms with van der Waals surface area (Å²) in [6.45, 7) is 4.27. The average molecular weight is 317 g/mol. The quantitative estimate of drug-likeness (QED) is 0.620. The van der Waals surface area contributed by atoms with E-state index in [2.05, 4.69) is 13.8 Å². The van der Waals surface area contributed by atoms with Crippen molar-refractivity contribution in [3.63, 3.8) is 0 Å². The molecule has 0 saturated heterocycles. The van der Waals surface area contributed by atoms with Gasteiger partial charge in [0, 0.05) is 18.8 Å². The summed E-state index contributed by atoms with van der Waals surface area (Å²) < 4.78 is 0. The first-order valence-electron chi connectivity index (χ1n) is 6.72. The topological polar surface area (TPSA) is 46.3 Å². The number of nitrogens with two attached hydrogens (primary N) is 1. The van der Waals surface area contributed by atoms with Crippen LogP contribution in [0, 0.1) is 0 Å². The van der Waals surface area contributed by atoms with Crippen LogP contribution < -0.4 is 5.73 Å². The van der Waals surface area contributed by atoms with Crippen molar-refractivity contribution >= 4 is 35.8 Å². The van der Waals surface area contributed by atoms with Gasteiger partial charge in [0.25, 0.3) is 0 Å². The molecule has 0 fully saturated rings. The second-order valence-electron chi connectivity index (χ2n) is 4.76. The minimum absolute atomic E-state index is 0. The minimum atomic E-state index is 0. The fourth-order valence-corrected chi connectivity index (χ4v) is 2.57. The summed E-state index contributed by atoms with van der Waals surface area (Å²) in [4.78, 5) is 14.0. The van der Waals surface area contributed by atoms with E-state index < -0.39 is 0 Å². The number of likely N-dealkylation sites (N-methyl/N-ethyl adjacent to an activating group) is 1. The van der Waals surface area contributed by atoms with Gasteiger partial charge in [0.05, 0.1) is 6.42 Å². The maximum Gasteiger partial charge on any atom is 0.226 e. The van der Waals surface area contributed by atoms with Crippen molar-refractivity contribution in [3.8, 4) is 0 Å². The fraction of sp³-hybridized carbons (Fsp3) is 0.533. The van der Waals surface area contributed by atoms with E-state index in [1.165, 1.54) is 0 Å². The fourth-order valence-electron chi connectivity index (χ4n) is 1.77. The number of halogens is 1. The normalized spacial score (nSPS) is 11.6. The molecule has 1 atom stereocenters. The molecule has 0 aliphatic carbocycles. The molecular formula is C15H25ClN2OS. The molecule has 0 bridgehead atoms. The van der Waals surface area contributed by atoms with Gasteiger partial charge in [-0.05, 0) is 42.5 Å². The lowest BCUT2D eigenvalue weighted by atomic mass is 10.1. The van der Waals surface area contributed by atoms with Crippen molar-refractivity contribution in [2.24, 2.45) is 0 Å². The van der Waals surface area contributed by atoms with Gasteiger partial charge >= 0.3 is 0 Å². The van der Waals surface area contributed by atoms with Crippen molar-refractivity contribution in [1.82, 2.24) is 4.90 Å². The van der Waals surface area contributed by atoms with E-state index in [9.17, 15) is 4.79 Å². The second-order valence-corrected chi connectivity index (χ2v) is 6.15. The zero-order valence-electron chi connectivity index (χ0n) is 12.5. The molecule has 5 heteroatoms. The van der Waals surface area contributed by atoms with Crippen molar-refractivity contribution in [1.29, 1.82) is 0 Å². The van der Waals surface area contributed by atoms with E-state index in [4.69, 9.17) is 5.73 Å². The molecule has 2 N–H and O–H groups in total. The number of carbonyl (C=O) groups is 1. The Morgan fingerprint density at radius 1 is 1.35 bits per heavy atom. The van der Waals surface area contributed by atoms with E-state index in [1.54, 1.807) is 0 Å². The Morgan fingerprint density at radius 2 is 1.95 bits per heavy atom. The zero-order valence-corrected chi connectivity index (χ0v) is 14.1. The first kappa shape index (κ1) is 19.1. The zero-order chi connectivity index (χ0) is 14.3. The van der Waals surface area contributed by atoms with Crippen molar-refractivity contribution in [3.05, 3.63) is 29.8 Å². The summed E-state index contributed by atoms with van der Waals surface area (Å²) in [6, 6.07) is 7.80. The Kier molecular flexibility index (Phi) is 9.51. The lowest BCUT2D eigenvalue weighted by molar-refractivity contribution is -0.130. The predicted octanol–water partition coefficient (Wildman–Crippen LogP) is 3.22. The second kappa shape index (κ2) is 9.94. The van der Waals surface area contributed by atoms with Gasteiger partial charge in [-0.15, -0.1) is 12.4 Å². The Balaban J connectivity index is 0.00000361. The molecule has 0 saturated carbocycles. The standard InChI is InChI=1S/C15H24N2OS.ClH/c1-4-19-10-9-12(2)17(3)15(18)11-13-5-7-14(16)8-6-13;/h5-8,12H,4,9-11,16H2,1-3H3;1H. The summed E-state index contributed by atoms with van der Waals surface area (Å²) in [5.41, 5.74) is 7.38. The van der Waals surface area contributed by atoms with Crippen molar-refractivity contribution in [2.75, 3.05) is 24.3 Å². The Labute approximate surface area is 132 Å². The number of nitrogens with zero attached hydrogens (tertiary/aromatic N) is 1. The molecule has 1 aromatic rings. The number of rotatable bonds is 7. The summed E-state index contributed by atoms with van der Waals surface area (Å²) in [5.74, 6) is 2.41. The molecule has 0 aliphatic rings. The maximum absolute atomic E-state index is 12.2. The molecule has 0 heterocycles. The van der Waals surface area contributed by atoms with Gasteiger partial charge in [-0.3, -0.25) is 4.79 Å². The van der Waals surface area contributed by atoms with Crippen LogP contribution in [0.25, 0.3) is 0 Å². The molecular weight excluding hydrogens is 292 g/mol. The lowest BCUT2D eigenvalue weighted by Crippen LogP contribution is -2.36. The SMILES string of the molecule is CCSCCC(C)N(C)C(=O)Cc1ccc(N)cc1.Cl. The van der Waals surface area contributed by atoms with Crippen LogP contribution in [0.3, 0.4) is 0 Å². The smallest absolute Gasteiger partial charge is 0.226 e. The van der Waals surface area contributed by atoms with Crippen LogP contribution >= 0.6 is 24.2 Å². The number of amides is 1. The molecule has 0 radical (unpaired) electrons. The highest BCUT2D eigenvalue weighted by molar-refractivity contribution is 7.99. The molecule has 1 unspecified atom stereocenters. The minimum Gasteiger partial charge on any atom is -0.399 e. The van der Waals surface area contributed by atoms with E-state index in [0.29, 0.717) is 12.5 Å². The van der Waals surface area contributed by atoms with E-state index in [0.717, 1.165) is 29.2 Å². The van der Waals surface area contributed by atoms with Gasteiger partial charge in [0.1, 0.15) is 0 Å². The Morgan fingerprint density at radius 3 is 2.50 bits per heavy atom. The number of anilines is 1. The summed E-state index contributed by atoms with van der Waals surface area (Å²) in [6.07, 6.45) is 1.49. The van der Waals surface area contributed by atoms with E-state index >= 15 is 0 Å². The number of nitrogen functional groups attached to an aromatic ring is 1. The predicted molar refractivity (Wildman–Crippen MR) is 91.7 cm³/mol. The monoisotopic (exact) mass is 316 g/mol. The third kappa shape index (κ3) is 6.53. The highest BCUT2D eigenvalue weighted by atomic mass is 35.5. The Hall–Kier alpha value is -0.870. The van der Waals surface area contributed by atoms with Crippen LogP contribution in [-0.2, 0) is 11.2 Å². The lowest BCUT2D eigenvalue weighted by Gasteiger charge is -2.25. The molecule has 0 spiro atoms. The van der Waals surface area contributed by atoms with Crippen LogP contribution in [0.1, 0.15) is 25.8 Å². The molecule has 3 nitrogen and oxygen atoms in total. The molecule has 0 aliphatic heterocycles. The number of benzene rings is 1. The van der Waals surface area contributed by atoms with Crippen molar-refractivity contribution < 1.29 is 4.79 Å². The molecule has 114 valence electrons. The number of carbonyl (C=O) groups excluding carboxylic acids is 1. The van der Waals surface area contributed by atoms with Gasteiger partial charge < -0.3 is 10.6 Å². The van der Waals surface area contributed by atoms with Crippen LogP contribution in [0.5, 0.6) is 0 Å². The first-order chi connectivity index (χ1) is 9.04. The van der Waals surface area contributed by atoms with Gasteiger partial charge in [0.15, 0.2) is 0 Å². The van der Waals surface area contributed by atoms with Crippen LogP contribution in [0.4, 0.5) is 5.69 Å². The number of hydrogen-bond donors (Lipinski definition) is 1. The van der Waals surface area contributed by atoms with Crippen molar-refractivity contribution in [2.45, 2.75) is 32.7 Å². The third-order valence-corrected chi connectivity index (χ3v) is 4.21. The highest BCUT2D eigenvalue weighted by Crippen LogP contribution is 2.11. The summed E-state index contributed by atoms with van der Waals surface area (Å²) in [7, 11) is 1.89. The number of thioether (sulfide) groups is 1. The van der Waals surface area contributed by atoms with Crippen LogP contribution in [0.2, 0.25) is 0 Å². The average Bonchev–Trinajstić information content (AvgIpc) is 2.40. The van der Waals surface area contributed by atoms with E-state index in [-0.39, 0.29) is 18.3 Å². The summed E-state index contributed by atoms with van der Waals surface area (Å²) in [5, 5.41) is 0. The molecule has 1 amide bonds. The van der Waals surface area contributed by atoms with Crippen LogP contribution in [0.15, 0.2) is 24.3 Å². The first-order valence-corrected chi connectivity index (χ1v) is 7.88. The molecule has 1 rings (SSSR count). The van der Waals surface area contributed by atoms with Crippen LogP contribution in [-0.4, -0.2) is 35.4 Å². The number of hydrogen-bond acceptors (Lipinski definition) is 3. The van der Waals surface area contributed by atoms with E-state index in [1.807, 2.05) is 48.0 Å². The molecule has 0 aromatic heterocycles. The third-order valence-electron chi connectivity index (χ3n) is 3.27. The Bertz CT molecular complexity index is 397. The van der Waals surface area contributed by atoms with Gasteiger partial charge in [-0.1, -0.05) is 19.1 Å². The highest BCUT2D eigenvalue weighted by Gasteiger charge is 2.15. The maximum atomic E-state index is 12.2. The molecule has 20 heavy (non-hydrogen) atoms.